The zero-order chi connectivity index (χ0) is 27.8. The number of rotatable bonds is 10. The highest BCUT2D eigenvalue weighted by Gasteiger charge is 2.33. The van der Waals surface area contributed by atoms with Gasteiger partial charge in [-0.15, -0.1) is 0 Å². The molecule has 1 N–H and O–H groups in total. The van der Waals surface area contributed by atoms with Crippen molar-refractivity contribution >= 4 is 62.5 Å². The lowest BCUT2D eigenvalue weighted by Gasteiger charge is -2.33. The summed E-state index contributed by atoms with van der Waals surface area (Å²) in [5, 5.41) is 4.60. The number of hydrogen-bond donors (Lipinski definition) is 1. The van der Waals surface area contributed by atoms with Crippen LogP contribution in [0.25, 0.3) is 0 Å². The van der Waals surface area contributed by atoms with E-state index in [-0.39, 0.29) is 31.0 Å². The van der Waals surface area contributed by atoms with E-state index in [1.54, 1.807) is 36.4 Å². The van der Waals surface area contributed by atoms with Gasteiger partial charge in [-0.05, 0) is 64.7 Å². The summed E-state index contributed by atoms with van der Waals surface area (Å²) in [6.45, 7) is -0.234. The van der Waals surface area contributed by atoms with Gasteiger partial charge in [-0.2, -0.15) is 0 Å². The molecule has 1 atom stereocenters. The minimum absolute atomic E-state index is 0.0536. The second kappa shape index (κ2) is 14.4. The molecule has 2 amide bonds. The molecular formula is C30H30BrCl3N2O3. The zero-order valence-electron chi connectivity index (χ0n) is 21.3. The average Bonchev–Trinajstić information content (AvgIpc) is 2.92. The summed E-state index contributed by atoms with van der Waals surface area (Å²) >= 11 is 22.5. The number of halogens is 4. The summed E-state index contributed by atoms with van der Waals surface area (Å²) in [6.07, 6.45) is 5.53. The van der Waals surface area contributed by atoms with Crippen LogP contribution in [0.4, 0.5) is 0 Å². The van der Waals surface area contributed by atoms with Gasteiger partial charge in [0.05, 0.1) is 4.47 Å². The summed E-state index contributed by atoms with van der Waals surface area (Å²) in [5.74, 6) is -0.0998. The topological polar surface area (TPSA) is 58.6 Å². The molecule has 0 aromatic heterocycles. The molecule has 9 heteroatoms. The van der Waals surface area contributed by atoms with Crippen molar-refractivity contribution in [3.05, 3.63) is 97.4 Å². The smallest absolute Gasteiger partial charge is 0.261 e. The Hall–Kier alpha value is -2.25. The Balaban J connectivity index is 1.65. The van der Waals surface area contributed by atoms with Gasteiger partial charge < -0.3 is 15.0 Å². The summed E-state index contributed by atoms with van der Waals surface area (Å²) < 4.78 is 6.49. The lowest BCUT2D eigenvalue weighted by molar-refractivity contribution is -0.143. The molecule has 0 aliphatic heterocycles. The molecule has 1 unspecified atom stereocenters. The van der Waals surface area contributed by atoms with E-state index in [2.05, 4.69) is 21.2 Å². The summed E-state index contributed by atoms with van der Waals surface area (Å²) in [7, 11) is 0. The first-order valence-electron chi connectivity index (χ1n) is 13.0. The Kier molecular flexibility index (Phi) is 11.0. The molecule has 3 aromatic carbocycles. The number of carbonyl (C=O) groups is 2. The molecule has 1 aliphatic rings. The Morgan fingerprint density at radius 3 is 2.31 bits per heavy atom. The standard InChI is InChI=1S/C30H30BrCl3N2O3/c31-24-17-21(32)14-15-28(24)39-19-29(37)36(18-23-25(33)12-7-13-26(23)34)27(16-20-8-3-1-4-9-20)30(38)35-22-10-5-2-6-11-22/h1,3-4,7-9,12-15,17,22,27H,2,5-6,10-11,16,18-19H2,(H,35,38). The first-order chi connectivity index (χ1) is 18.8. The molecule has 39 heavy (non-hydrogen) atoms. The van der Waals surface area contributed by atoms with Crippen LogP contribution in [-0.4, -0.2) is 35.4 Å². The SMILES string of the molecule is O=C(NC1CCCCC1)C(Cc1ccccc1)N(Cc1c(Cl)cccc1Cl)C(=O)COc1ccc(Cl)cc1Br. The fourth-order valence-electron chi connectivity index (χ4n) is 4.77. The van der Waals surface area contributed by atoms with Crippen molar-refractivity contribution in [1.82, 2.24) is 10.2 Å². The van der Waals surface area contributed by atoms with Gasteiger partial charge in [0.15, 0.2) is 6.61 Å². The highest BCUT2D eigenvalue weighted by Crippen LogP contribution is 2.30. The third-order valence-corrected chi connectivity index (χ3v) is 8.42. The minimum atomic E-state index is -0.800. The van der Waals surface area contributed by atoms with E-state index in [9.17, 15) is 9.59 Å². The number of nitrogens with zero attached hydrogens (tertiary/aromatic N) is 1. The maximum Gasteiger partial charge on any atom is 0.261 e. The van der Waals surface area contributed by atoms with Gasteiger partial charge in [0.25, 0.3) is 5.91 Å². The van der Waals surface area contributed by atoms with Gasteiger partial charge in [0.2, 0.25) is 5.91 Å². The number of nitrogens with one attached hydrogen (secondary N) is 1. The van der Waals surface area contributed by atoms with Crippen LogP contribution in [0.15, 0.2) is 71.2 Å². The van der Waals surface area contributed by atoms with Crippen molar-refractivity contribution in [2.75, 3.05) is 6.61 Å². The Bertz CT molecular complexity index is 1270. The first kappa shape index (κ1) is 29.7. The van der Waals surface area contributed by atoms with Crippen LogP contribution in [0, 0.1) is 0 Å². The Morgan fingerprint density at radius 1 is 0.949 bits per heavy atom. The van der Waals surface area contributed by atoms with Crippen molar-refractivity contribution in [2.45, 2.75) is 57.2 Å². The van der Waals surface area contributed by atoms with Gasteiger partial charge in [-0.1, -0.05) is 90.5 Å². The number of carbonyl (C=O) groups excluding carboxylic acids is 2. The van der Waals surface area contributed by atoms with Crippen LogP contribution in [0.5, 0.6) is 5.75 Å². The van der Waals surface area contributed by atoms with E-state index < -0.39 is 6.04 Å². The van der Waals surface area contributed by atoms with Gasteiger partial charge in [0.1, 0.15) is 11.8 Å². The normalized spacial score (nSPS) is 14.5. The molecule has 1 saturated carbocycles. The van der Waals surface area contributed by atoms with E-state index in [1.807, 2.05) is 30.3 Å². The van der Waals surface area contributed by atoms with Crippen molar-refractivity contribution in [1.29, 1.82) is 0 Å². The quantitative estimate of drug-likeness (QED) is 0.243. The fourth-order valence-corrected chi connectivity index (χ4v) is 6.08. The van der Waals surface area contributed by atoms with Crippen molar-refractivity contribution in [3.63, 3.8) is 0 Å². The van der Waals surface area contributed by atoms with Crippen molar-refractivity contribution < 1.29 is 14.3 Å². The third-order valence-electron chi connectivity index (χ3n) is 6.86. The van der Waals surface area contributed by atoms with Crippen LogP contribution in [0.3, 0.4) is 0 Å². The van der Waals surface area contributed by atoms with Gasteiger partial charge in [0, 0.05) is 39.6 Å². The number of amides is 2. The molecule has 206 valence electrons. The van der Waals surface area contributed by atoms with E-state index in [1.165, 1.54) is 11.3 Å². The predicted octanol–water partition coefficient (Wildman–Crippen LogP) is 7.88. The van der Waals surface area contributed by atoms with Crippen LogP contribution >= 0.6 is 50.7 Å². The lowest BCUT2D eigenvalue weighted by Crippen LogP contribution is -2.53. The molecule has 3 aromatic rings. The largest absolute Gasteiger partial charge is 0.483 e. The number of hydrogen-bond acceptors (Lipinski definition) is 3. The molecule has 1 fully saturated rings. The minimum Gasteiger partial charge on any atom is -0.483 e. The fraction of sp³-hybridized carbons (Fsp3) is 0.333. The van der Waals surface area contributed by atoms with Gasteiger partial charge in [-0.3, -0.25) is 9.59 Å². The highest BCUT2D eigenvalue weighted by molar-refractivity contribution is 9.10. The van der Waals surface area contributed by atoms with Crippen molar-refractivity contribution in [3.8, 4) is 5.75 Å². The molecular weight excluding hydrogens is 623 g/mol. The van der Waals surface area contributed by atoms with Gasteiger partial charge in [-0.25, -0.2) is 0 Å². The van der Waals surface area contributed by atoms with E-state index in [0.717, 1.165) is 31.2 Å². The molecule has 1 aliphatic carbocycles. The highest BCUT2D eigenvalue weighted by atomic mass is 79.9. The Labute approximate surface area is 252 Å². The number of ether oxygens (including phenoxy) is 1. The van der Waals surface area contributed by atoms with Crippen LogP contribution in [-0.2, 0) is 22.6 Å². The van der Waals surface area contributed by atoms with Crippen LogP contribution < -0.4 is 10.1 Å². The number of benzene rings is 3. The predicted molar refractivity (Wildman–Crippen MR) is 161 cm³/mol. The lowest BCUT2D eigenvalue weighted by atomic mass is 9.94. The third kappa shape index (κ3) is 8.37. The molecule has 4 rings (SSSR count). The van der Waals surface area contributed by atoms with Crippen LogP contribution in [0.1, 0.15) is 43.2 Å². The molecule has 0 saturated heterocycles. The van der Waals surface area contributed by atoms with Gasteiger partial charge >= 0.3 is 0 Å². The zero-order valence-corrected chi connectivity index (χ0v) is 25.2. The molecule has 0 heterocycles. The Morgan fingerprint density at radius 2 is 1.64 bits per heavy atom. The average molecular weight is 653 g/mol. The van der Waals surface area contributed by atoms with E-state index in [0.29, 0.717) is 37.3 Å². The summed E-state index contributed by atoms with van der Waals surface area (Å²) in [4.78, 5) is 29.2. The second-order valence-corrected chi connectivity index (χ2v) is 11.7. The van der Waals surface area contributed by atoms with Crippen molar-refractivity contribution in [2.24, 2.45) is 0 Å². The van der Waals surface area contributed by atoms with E-state index >= 15 is 0 Å². The summed E-state index contributed by atoms with van der Waals surface area (Å²) in [6, 6.07) is 19.2. The monoisotopic (exact) mass is 650 g/mol. The molecule has 0 spiro atoms. The molecule has 0 radical (unpaired) electrons. The first-order valence-corrected chi connectivity index (χ1v) is 14.9. The van der Waals surface area contributed by atoms with E-state index in [4.69, 9.17) is 39.5 Å². The maximum absolute atomic E-state index is 13.9. The second-order valence-electron chi connectivity index (χ2n) is 9.63. The molecule has 5 nitrogen and oxygen atoms in total. The molecule has 0 bridgehead atoms. The maximum atomic E-state index is 13.9. The summed E-state index contributed by atoms with van der Waals surface area (Å²) in [5.41, 5.74) is 1.51. The van der Waals surface area contributed by atoms with Crippen LogP contribution in [0.2, 0.25) is 15.1 Å².